The minimum Gasteiger partial charge on any atom is -0.341 e. The minimum absolute atomic E-state index is 0.102. The maximum atomic E-state index is 12.7. The van der Waals surface area contributed by atoms with Gasteiger partial charge in [0.05, 0.1) is 22.8 Å². The van der Waals surface area contributed by atoms with Crippen molar-refractivity contribution in [1.82, 2.24) is 29.8 Å². The van der Waals surface area contributed by atoms with E-state index in [1.165, 1.54) is 6.20 Å². The van der Waals surface area contributed by atoms with Crippen LogP contribution in [0, 0.1) is 6.92 Å². The summed E-state index contributed by atoms with van der Waals surface area (Å²) >= 11 is 0. The molecule has 162 valence electrons. The average molecular weight is 422 g/mol. The Labute approximate surface area is 180 Å². The first kappa shape index (κ1) is 20.9. The summed E-state index contributed by atoms with van der Waals surface area (Å²) in [4.78, 5) is 49.5. The highest BCUT2D eigenvalue weighted by atomic mass is 16.2. The van der Waals surface area contributed by atoms with E-state index >= 15 is 0 Å². The van der Waals surface area contributed by atoms with Crippen LogP contribution in [0.2, 0.25) is 0 Å². The molecule has 31 heavy (non-hydrogen) atoms. The molecule has 0 spiro atoms. The number of piperidine rings is 1. The number of carbonyl (C=O) groups excluding carboxylic acids is 1. The number of hydrogen-bond donors (Lipinski definition) is 1. The summed E-state index contributed by atoms with van der Waals surface area (Å²) in [6.45, 7) is 8.76. The molecule has 1 saturated heterocycles. The predicted molar refractivity (Wildman–Crippen MR) is 118 cm³/mol. The van der Waals surface area contributed by atoms with E-state index in [0.717, 1.165) is 37.3 Å². The van der Waals surface area contributed by atoms with Crippen LogP contribution in [0.25, 0.3) is 10.9 Å². The number of aryl methyl sites for hydroxylation is 1. The summed E-state index contributed by atoms with van der Waals surface area (Å²) in [5.41, 5.74) is 2.49. The second kappa shape index (κ2) is 8.79. The number of carbonyl (C=O) groups is 1. The molecule has 1 aliphatic rings. The normalized spacial score (nSPS) is 14.7. The van der Waals surface area contributed by atoms with Gasteiger partial charge in [0, 0.05) is 50.2 Å². The van der Waals surface area contributed by atoms with Gasteiger partial charge in [-0.3, -0.25) is 14.6 Å². The maximum absolute atomic E-state index is 12.7. The van der Waals surface area contributed by atoms with Gasteiger partial charge in [0.15, 0.2) is 0 Å². The Kier molecular flexibility index (Phi) is 5.92. The van der Waals surface area contributed by atoms with E-state index < -0.39 is 0 Å². The van der Waals surface area contributed by atoms with Crippen LogP contribution in [0.4, 0.5) is 5.95 Å². The fourth-order valence-corrected chi connectivity index (χ4v) is 3.99. The molecule has 0 saturated carbocycles. The zero-order valence-corrected chi connectivity index (χ0v) is 18.1. The molecule has 3 aromatic heterocycles. The molecule has 0 aromatic carbocycles. The Morgan fingerprint density at radius 2 is 1.87 bits per heavy atom. The first-order valence-corrected chi connectivity index (χ1v) is 10.7. The number of hydrogen-bond acceptors (Lipinski definition) is 7. The Hall–Kier alpha value is -3.36. The van der Waals surface area contributed by atoms with Gasteiger partial charge in [-0.25, -0.2) is 15.0 Å². The SMILES string of the molecule is CCN(CC)c1ncc2c(=O)[nH]c(C3CCN(C(=O)c4cnc(C)cn4)CC3)cc2n1. The zero-order chi connectivity index (χ0) is 22.0. The minimum atomic E-state index is -0.174. The summed E-state index contributed by atoms with van der Waals surface area (Å²) in [5, 5.41) is 0.491. The molecule has 9 nitrogen and oxygen atoms in total. The fraction of sp³-hybridized carbons (Fsp3) is 0.455. The highest BCUT2D eigenvalue weighted by Crippen LogP contribution is 2.28. The van der Waals surface area contributed by atoms with Crippen molar-refractivity contribution in [3.8, 4) is 0 Å². The Morgan fingerprint density at radius 1 is 1.13 bits per heavy atom. The summed E-state index contributed by atoms with van der Waals surface area (Å²) < 4.78 is 0. The molecule has 1 aliphatic heterocycles. The van der Waals surface area contributed by atoms with Crippen LogP contribution >= 0.6 is 0 Å². The van der Waals surface area contributed by atoms with Gasteiger partial charge >= 0.3 is 0 Å². The summed E-state index contributed by atoms with van der Waals surface area (Å²) in [6, 6.07) is 1.96. The summed E-state index contributed by atoms with van der Waals surface area (Å²) in [5.74, 6) is 0.695. The third-order valence-electron chi connectivity index (χ3n) is 5.87. The maximum Gasteiger partial charge on any atom is 0.274 e. The van der Waals surface area contributed by atoms with Crippen LogP contribution < -0.4 is 10.5 Å². The lowest BCUT2D eigenvalue weighted by atomic mass is 9.92. The summed E-state index contributed by atoms with van der Waals surface area (Å²) in [7, 11) is 0. The van der Waals surface area contributed by atoms with E-state index in [-0.39, 0.29) is 17.4 Å². The molecule has 1 N–H and O–H groups in total. The first-order valence-electron chi connectivity index (χ1n) is 10.7. The number of likely N-dealkylation sites (tertiary alicyclic amines) is 1. The number of amides is 1. The van der Waals surface area contributed by atoms with E-state index in [1.54, 1.807) is 17.3 Å². The van der Waals surface area contributed by atoms with Crippen molar-refractivity contribution in [3.05, 3.63) is 52.1 Å². The van der Waals surface area contributed by atoms with E-state index in [2.05, 4.69) is 43.7 Å². The third-order valence-corrected chi connectivity index (χ3v) is 5.87. The molecule has 0 unspecified atom stereocenters. The van der Waals surface area contributed by atoms with Gasteiger partial charge < -0.3 is 14.8 Å². The van der Waals surface area contributed by atoms with Crippen molar-refractivity contribution < 1.29 is 4.79 Å². The second-order valence-corrected chi connectivity index (χ2v) is 7.80. The Morgan fingerprint density at radius 3 is 2.52 bits per heavy atom. The number of H-pyrrole nitrogens is 1. The fourth-order valence-electron chi connectivity index (χ4n) is 3.99. The molecule has 1 amide bonds. The number of aromatic amines is 1. The molecule has 0 aliphatic carbocycles. The van der Waals surface area contributed by atoms with Crippen LogP contribution in [0.5, 0.6) is 0 Å². The van der Waals surface area contributed by atoms with Gasteiger partial charge in [-0.1, -0.05) is 0 Å². The quantitative estimate of drug-likeness (QED) is 0.673. The van der Waals surface area contributed by atoms with Crippen molar-refractivity contribution in [2.75, 3.05) is 31.1 Å². The highest BCUT2D eigenvalue weighted by Gasteiger charge is 2.26. The smallest absolute Gasteiger partial charge is 0.274 e. The third kappa shape index (κ3) is 4.26. The first-order chi connectivity index (χ1) is 15.0. The lowest BCUT2D eigenvalue weighted by Gasteiger charge is -2.31. The number of aromatic nitrogens is 5. The lowest BCUT2D eigenvalue weighted by Crippen LogP contribution is -2.38. The second-order valence-electron chi connectivity index (χ2n) is 7.80. The molecular weight excluding hydrogens is 394 g/mol. The van der Waals surface area contributed by atoms with Crippen molar-refractivity contribution >= 4 is 22.8 Å². The number of anilines is 1. The largest absolute Gasteiger partial charge is 0.341 e. The molecule has 9 heteroatoms. The molecule has 4 heterocycles. The Balaban J connectivity index is 1.52. The van der Waals surface area contributed by atoms with Crippen LogP contribution in [-0.2, 0) is 0 Å². The molecule has 0 atom stereocenters. The van der Waals surface area contributed by atoms with Gasteiger partial charge in [0.25, 0.3) is 11.5 Å². The van der Waals surface area contributed by atoms with Gasteiger partial charge in [0.2, 0.25) is 5.95 Å². The Bertz CT molecular complexity index is 1130. The van der Waals surface area contributed by atoms with Crippen molar-refractivity contribution in [3.63, 3.8) is 0 Å². The van der Waals surface area contributed by atoms with Crippen molar-refractivity contribution in [2.45, 2.75) is 39.5 Å². The van der Waals surface area contributed by atoms with Crippen LogP contribution in [0.3, 0.4) is 0 Å². The summed E-state index contributed by atoms with van der Waals surface area (Å²) in [6.07, 6.45) is 6.26. The highest BCUT2D eigenvalue weighted by molar-refractivity contribution is 5.92. The number of fused-ring (bicyclic) bond motifs is 1. The standard InChI is InChI=1S/C22H27N7O2/c1-4-28(5-2)22-25-12-16-18(27-22)10-17(26-20(16)30)15-6-8-29(9-7-15)21(31)19-13-23-14(3)11-24-19/h10-13,15H,4-9H2,1-3H3,(H,26,30). The zero-order valence-electron chi connectivity index (χ0n) is 18.1. The number of pyridine rings is 1. The number of nitrogens with one attached hydrogen (secondary N) is 1. The van der Waals surface area contributed by atoms with Crippen LogP contribution in [-0.4, -0.2) is 61.9 Å². The lowest BCUT2D eigenvalue weighted by molar-refractivity contribution is 0.0705. The van der Waals surface area contributed by atoms with Gasteiger partial charge in [-0.05, 0) is 39.7 Å². The van der Waals surface area contributed by atoms with Crippen molar-refractivity contribution in [1.29, 1.82) is 0 Å². The molecule has 4 rings (SSSR count). The van der Waals surface area contributed by atoms with Gasteiger partial charge in [0.1, 0.15) is 5.69 Å². The molecule has 0 bridgehead atoms. The van der Waals surface area contributed by atoms with Crippen LogP contribution in [0.15, 0.2) is 29.5 Å². The van der Waals surface area contributed by atoms with E-state index in [0.29, 0.717) is 35.6 Å². The number of rotatable bonds is 5. The van der Waals surface area contributed by atoms with E-state index in [4.69, 9.17) is 0 Å². The monoisotopic (exact) mass is 421 g/mol. The van der Waals surface area contributed by atoms with Crippen LogP contribution in [0.1, 0.15) is 54.5 Å². The molecule has 0 radical (unpaired) electrons. The molecule has 3 aromatic rings. The van der Waals surface area contributed by atoms with Gasteiger partial charge in [-0.2, -0.15) is 0 Å². The van der Waals surface area contributed by atoms with Crippen molar-refractivity contribution in [2.24, 2.45) is 0 Å². The molecule has 1 fully saturated rings. The average Bonchev–Trinajstić information content (AvgIpc) is 2.80. The number of nitrogens with zero attached hydrogens (tertiary/aromatic N) is 6. The molecular formula is C22H27N7O2. The topological polar surface area (TPSA) is 108 Å². The van der Waals surface area contributed by atoms with E-state index in [9.17, 15) is 9.59 Å². The predicted octanol–water partition coefficient (Wildman–Crippen LogP) is 2.28. The van der Waals surface area contributed by atoms with Gasteiger partial charge in [-0.15, -0.1) is 0 Å². The van der Waals surface area contributed by atoms with E-state index in [1.807, 2.05) is 13.0 Å².